The second kappa shape index (κ2) is 5.83. The van der Waals surface area contributed by atoms with Gasteiger partial charge in [-0.25, -0.2) is 0 Å². The zero-order chi connectivity index (χ0) is 12.1. The highest BCUT2D eigenvalue weighted by Crippen LogP contribution is 2.25. The van der Waals surface area contributed by atoms with Crippen LogP contribution in [0.5, 0.6) is 0 Å². The number of allylic oxidation sites excluding steroid dienone is 6. The van der Waals surface area contributed by atoms with Gasteiger partial charge in [0.1, 0.15) is 0 Å². The molecule has 1 atom stereocenters. The van der Waals surface area contributed by atoms with Crippen LogP contribution >= 0.6 is 0 Å². The highest BCUT2D eigenvalue weighted by molar-refractivity contribution is 5.90. The SMILES string of the molecule is CC(C)=CC(=O)C[C@H](C)C1=CCC(C)=CC1. The molecule has 0 amide bonds. The number of rotatable bonds is 4. The molecule has 0 spiro atoms. The van der Waals surface area contributed by atoms with E-state index in [1.807, 2.05) is 13.8 Å². The molecular weight excluding hydrogens is 196 g/mol. The summed E-state index contributed by atoms with van der Waals surface area (Å²) in [5.41, 5.74) is 3.94. The van der Waals surface area contributed by atoms with Gasteiger partial charge in [0.25, 0.3) is 0 Å². The normalized spacial score (nSPS) is 17.2. The summed E-state index contributed by atoms with van der Waals surface area (Å²) in [7, 11) is 0. The van der Waals surface area contributed by atoms with Crippen LogP contribution in [0.3, 0.4) is 0 Å². The van der Waals surface area contributed by atoms with Crippen molar-refractivity contribution < 1.29 is 4.79 Å². The Bertz CT molecular complexity index is 352. The van der Waals surface area contributed by atoms with Crippen LogP contribution in [-0.2, 0) is 4.79 Å². The van der Waals surface area contributed by atoms with Gasteiger partial charge >= 0.3 is 0 Å². The van der Waals surface area contributed by atoms with E-state index in [1.54, 1.807) is 6.08 Å². The first-order valence-electron chi connectivity index (χ1n) is 6.01. The van der Waals surface area contributed by atoms with Crippen molar-refractivity contribution in [1.29, 1.82) is 0 Å². The molecule has 1 rings (SSSR count). The fourth-order valence-electron chi connectivity index (χ4n) is 1.97. The van der Waals surface area contributed by atoms with Crippen LogP contribution in [0, 0.1) is 5.92 Å². The van der Waals surface area contributed by atoms with Crippen molar-refractivity contribution in [2.45, 2.75) is 47.0 Å². The minimum Gasteiger partial charge on any atom is -0.295 e. The highest BCUT2D eigenvalue weighted by Gasteiger charge is 2.13. The van der Waals surface area contributed by atoms with Gasteiger partial charge in [-0.1, -0.05) is 35.8 Å². The van der Waals surface area contributed by atoms with Crippen LogP contribution in [0.4, 0.5) is 0 Å². The number of hydrogen-bond donors (Lipinski definition) is 0. The van der Waals surface area contributed by atoms with Gasteiger partial charge in [-0.2, -0.15) is 0 Å². The molecule has 16 heavy (non-hydrogen) atoms. The van der Waals surface area contributed by atoms with Crippen LogP contribution in [0.2, 0.25) is 0 Å². The molecular formula is C15H22O. The summed E-state index contributed by atoms with van der Waals surface area (Å²) in [6, 6.07) is 0. The summed E-state index contributed by atoms with van der Waals surface area (Å²) < 4.78 is 0. The molecule has 88 valence electrons. The highest BCUT2D eigenvalue weighted by atomic mass is 16.1. The van der Waals surface area contributed by atoms with Crippen molar-refractivity contribution in [3.05, 3.63) is 34.9 Å². The molecule has 0 heterocycles. The van der Waals surface area contributed by atoms with Crippen LogP contribution in [0.1, 0.15) is 47.0 Å². The predicted octanol–water partition coefficient (Wildman–Crippen LogP) is 4.21. The monoisotopic (exact) mass is 218 g/mol. The molecule has 0 aromatic carbocycles. The Balaban J connectivity index is 2.51. The van der Waals surface area contributed by atoms with Gasteiger partial charge in [0.15, 0.2) is 5.78 Å². The Kier molecular flexibility index (Phi) is 4.72. The van der Waals surface area contributed by atoms with Crippen LogP contribution in [0.15, 0.2) is 34.9 Å². The first-order chi connectivity index (χ1) is 7.49. The van der Waals surface area contributed by atoms with Crippen molar-refractivity contribution in [3.8, 4) is 0 Å². The van der Waals surface area contributed by atoms with Crippen molar-refractivity contribution in [1.82, 2.24) is 0 Å². The molecule has 1 heteroatoms. The molecule has 1 aliphatic rings. The summed E-state index contributed by atoms with van der Waals surface area (Å²) in [5, 5.41) is 0. The van der Waals surface area contributed by atoms with Gasteiger partial charge < -0.3 is 0 Å². The Morgan fingerprint density at radius 2 is 2.06 bits per heavy atom. The molecule has 1 nitrogen and oxygen atoms in total. The minimum atomic E-state index is 0.250. The van der Waals surface area contributed by atoms with E-state index < -0.39 is 0 Å². The minimum absolute atomic E-state index is 0.250. The maximum atomic E-state index is 11.7. The third-order valence-corrected chi connectivity index (χ3v) is 2.96. The fourth-order valence-corrected chi connectivity index (χ4v) is 1.97. The van der Waals surface area contributed by atoms with E-state index >= 15 is 0 Å². The van der Waals surface area contributed by atoms with E-state index in [1.165, 1.54) is 11.1 Å². The van der Waals surface area contributed by atoms with E-state index in [-0.39, 0.29) is 5.78 Å². The third kappa shape index (κ3) is 4.18. The molecule has 0 N–H and O–H groups in total. The standard InChI is InChI=1S/C15H22O/c1-11(2)9-15(16)10-13(4)14-7-5-12(3)6-8-14/h5,8-9,13H,6-7,10H2,1-4H3/t13-/m0/s1. The number of carbonyl (C=O) groups excluding carboxylic acids is 1. The maximum absolute atomic E-state index is 11.7. The van der Waals surface area contributed by atoms with Gasteiger partial charge in [0.2, 0.25) is 0 Å². The average molecular weight is 218 g/mol. The molecule has 0 fully saturated rings. The smallest absolute Gasteiger partial charge is 0.156 e. The van der Waals surface area contributed by atoms with E-state index in [0.29, 0.717) is 12.3 Å². The molecule has 1 aliphatic carbocycles. The molecule has 0 radical (unpaired) electrons. The van der Waals surface area contributed by atoms with Gasteiger partial charge in [0.05, 0.1) is 0 Å². The van der Waals surface area contributed by atoms with E-state index in [4.69, 9.17) is 0 Å². The molecule has 0 unspecified atom stereocenters. The predicted molar refractivity (Wildman–Crippen MR) is 69.3 cm³/mol. The fraction of sp³-hybridized carbons (Fsp3) is 0.533. The van der Waals surface area contributed by atoms with Crippen LogP contribution < -0.4 is 0 Å². The van der Waals surface area contributed by atoms with Crippen LogP contribution in [-0.4, -0.2) is 5.78 Å². The quantitative estimate of drug-likeness (QED) is 0.510. The van der Waals surface area contributed by atoms with Gasteiger partial charge in [-0.15, -0.1) is 0 Å². The lowest BCUT2D eigenvalue weighted by molar-refractivity contribution is -0.115. The lowest BCUT2D eigenvalue weighted by Gasteiger charge is -2.17. The average Bonchev–Trinajstić information content (AvgIpc) is 2.16. The molecule has 0 bridgehead atoms. The van der Waals surface area contributed by atoms with E-state index in [9.17, 15) is 4.79 Å². The van der Waals surface area contributed by atoms with Gasteiger partial charge in [-0.05, 0) is 45.6 Å². The van der Waals surface area contributed by atoms with Crippen LogP contribution in [0.25, 0.3) is 0 Å². The number of carbonyl (C=O) groups is 1. The summed E-state index contributed by atoms with van der Waals surface area (Å²) in [5.74, 6) is 0.632. The summed E-state index contributed by atoms with van der Waals surface area (Å²) >= 11 is 0. The first-order valence-corrected chi connectivity index (χ1v) is 6.01. The van der Waals surface area contributed by atoms with Crippen molar-refractivity contribution >= 4 is 5.78 Å². The number of ketones is 1. The zero-order valence-corrected chi connectivity index (χ0v) is 10.8. The molecule has 0 aromatic heterocycles. The van der Waals surface area contributed by atoms with Crippen molar-refractivity contribution in [2.24, 2.45) is 5.92 Å². The Labute approximate surface area is 98.9 Å². The summed E-state index contributed by atoms with van der Waals surface area (Å²) in [6.07, 6.45) is 9.03. The lowest BCUT2D eigenvalue weighted by atomic mass is 9.88. The molecule has 0 aliphatic heterocycles. The van der Waals surface area contributed by atoms with Crippen molar-refractivity contribution in [3.63, 3.8) is 0 Å². The zero-order valence-electron chi connectivity index (χ0n) is 10.8. The van der Waals surface area contributed by atoms with Crippen molar-refractivity contribution in [2.75, 3.05) is 0 Å². The molecule has 0 saturated heterocycles. The molecule has 0 aromatic rings. The van der Waals surface area contributed by atoms with E-state index in [2.05, 4.69) is 26.0 Å². The largest absolute Gasteiger partial charge is 0.295 e. The van der Waals surface area contributed by atoms with Gasteiger partial charge in [-0.3, -0.25) is 4.79 Å². The summed E-state index contributed by atoms with van der Waals surface area (Å²) in [6.45, 7) is 8.24. The Morgan fingerprint density at radius 1 is 1.38 bits per heavy atom. The second-order valence-corrected chi connectivity index (χ2v) is 5.03. The lowest BCUT2D eigenvalue weighted by Crippen LogP contribution is -2.07. The summed E-state index contributed by atoms with van der Waals surface area (Å²) in [4.78, 5) is 11.7. The maximum Gasteiger partial charge on any atom is 0.156 e. The second-order valence-electron chi connectivity index (χ2n) is 5.03. The topological polar surface area (TPSA) is 17.1 Å². The van der Waals surface area contributed by atoms with E-state index in [0.717, 1.165) is 18.4 Å². The Hall–Kier alpha value is -1.11. The first kappa shape index (κ1) is 13.0. The van der Waals surface area contributed by atoms with Gasteiger partial charge in [0, 0.05) is 6.42 Å². The third-order valence-electron chi connectivity index (χ3n) is 2.96. The Morgan fingerprint density at radius 3 is 2.56 bits per heavy atom. The molecule has 0 saturated carbocycles. The number of hydrogen-bond acceptors (Lipinski definition) is 1.